The highest BCUT2D eigenvalue weighted by Gasteiger charge is 2.41. The summed E-state index contributed by atoms with van der Waals surface area (Å²) in [7, 11) is 2.35. The van der Waals surface area contributed by atoms with Crippen LogP contribution in [0.2, 0.25) is 0 Å². The molecule has 3 heterocycles. The molecule has 2 unspecified atom stereocenters. The first-order chi connectivity index (χ1) is 9.65. The SMILES string of the molecule is CC(C)N(CC1CCNCC1)C1CC2CCC(C1)N2C. The van der Waals surface area contributed by atoms with E-state index in [9.17, 15) is 0 Å². The van der Waals surface area contributed by atoms with Crippen molar-refractivity contribution in [3.63, 3.8) is 0 Å². The molecule has 1 N–H and O–H groups in total. The quantitative estimate of drug-likeness (QED) is 0.852. The molecule has 3 aliphatic heterocycles. The third kappa shape index (κ3) is 3.05. The smallest absolute Gasteiger partial charge is 0.0128 e. The Balaban J connectivity index is 1.62. The van der Waals surface area contributed by atoms with Gasteiger partial charge in [0.15, 0.2) is 0 Å². The summed E-state index contributed by atoms with van der Waals surface area (Å²) in [6, 6.07) is 3.29. The molecule has 116 valence electrons. The van der Waals surface area contributed by atoms with Crippen LogP contribution in [0.1, 0.15) is 52.4 Å². The molecule has 0 amide bonds. The molecular weight excluding hydrogens is 246 g/mol. The molecule has 20 heavy (non-hydrogen) atoms. The molecule has 0 aromatic carbocycles. The van der Waals surface area contributed by atoms with Crippen LogP contribution in [0.5, 0.6) is 0 Å². The molecular formula is C17H33N3. The van der Waals surface area contributed by atoms with Crippen molar-refractivity contribution in [2.75, 3.05) is 26.7 Å². The highest BCUT2D eigenvalue weighted by Crippen LogP contribution is 2.37. The minimum absolute atomic E-state index is 0.706. The molecule has 0 radical (unpaired) electrons. The summed E-state index contributed by atoms with van der Waals surface area (Å²) in [5.41, 5.74) is 0. The first-order valence-corrected chi connectivity index (χ1v) is 8.83. The Morgan fingerprint density at radius 1 is 1.05 bits per heavy atom. The minimum atomic E-state index is 0.706. The van der Waals surface area contributed by atoms with Gasteiger partial charge in [-0.3, -0.25) is 4.90 Å². The Kier molecular flexibility index (Phi) is 4.68. The molecule has 2 atom stereocenters. The van der Waals surface area contributed by atoms with Gasteiger partial charge in [-0.1, -0.05) is 0 Å². The van der Waals surface area contributed by atoms with E-state index in [1.807, 2.05) is 0 Å². The summed E-state index contributed by atoms with van der Waals surface area (Å²) < 4.78 is 0. The predicted octanol–water partition coefficient (Wildman–Crippen LogP) is 2.32. The summed E-state index contributed by atoms with van der Waals surface area (Å²) >= 11 is 0. The Morgan fingerprint density at radius 3 is 2.20 bits per heavy atom. The summed E-state index contributed by atoms with van der Waals surface area (Å²) in [6.07, 6.45) is 8.46. The number of rotatable bonds is 4. The lowest BCUT2D eigenvalue weighted by Crippen LogP contribution is -2.52. The normalized spacial score (nSPS) is 36.1. The molecule has 3 nitrogen and oxygen atoms in total. The number of nitrogens with zero attached hydrogens (tertiary/aromatic N) is 2. The zero-order chi connectivity index (χ0) is 14.1. The highest BCUT2D eigenvalue weighted by molar-refractivity contribution is 4.97. The van der Waals surface area contributed by atoms with Crippen LogP contribution in [0, 0.1) is 5.92 Å². The molecule has 3 heteroatoms. The van der Waals surface area contributed by atoms with Crippen LogP contribution in [0.15, 0.2) is 0 Å². The maximum absolute atomic E-state index is 3.50. The Bertz CT molecular complexity index is 297. The molecule has 3 rings (SSSR count). The van der Waals surface area contributed by atoms with Crippen molar-refractivity contribution in [3.8, 4) is 0 Å². The van der Waals surface area contributed by atoms with E-state index >= 15 is 0 Å². The second-order valence-electron chi connectivity index (χ2n) is 7.66. The van der Waals surface area contributed by atoms with Gasteiger partial charge < -0.3 is 10.2 Å². The van der Waals surface area contributed by atoms with Gasteiger partial charge in [0, 0.05) is 30.7 Å². The van der Waals surface area contributed by atoms with Crippen molar-refractivity contribution in [2.45, 2.75) is 76.5 Å². The van der Waals surface area contributed by atoms with E-state index in [0.29, 0.717) is 6.04 Å². The molecule has 3 saturated heterocycles. The fraction of sp³-hybridized carbons (Fsp3) is 1.00. The van der Waals surface area contributed by atoms with Crippen molar-refractivity contribution < 1.29 is 0 Å². The van der Waals surface area contributed by atoms with Crippen LogP contribution in [-0.2, 0) is 0 Å². The molecule has 0 aromatic rings. The highest BCUT2D eigenvalue weighted by atomic mass is 15.3. The molecule has 0 saturated carbocycles. The van der Waals surface area contributed by atoms with E-state index in [0.717, 1.165) is 24.0 Å². The van der Waals surface area contributed by atoms with Crippen LogP contribution in [-0.4, -0.2) is 60.6 Å². The number of hydrogen-bond donors (Lipinski definition) is 1. The Morgan fingerprint density at radius 2 is 1.65 bits per heavy atom. The fourth-order valence-electron chi connectivity index (χ4n) is 4.80. The number of piperidine rings is 2. The average Bonchev–Trinajstić information content (AvgIpc) is 2.66. The lowest BCUT2D eigenvalue weighted by atomic mass is 9.92. The predicted molar refractivity (Wildman–Crippen MR) is 85.0 cm³/mol. The lowest BCUT2D eigenvalue weighted by molar-refractivity contribution is 0.0426. The molecule has 3 aliphatic rings. The standard InChI is InChI=1S/C17H33N3/c1-13(2)20(12-14-6-8-18-9-7-14)17-10-15-4-5-16(11-17)19(15)3/h13-18H,4-12H2,1-3H3. The second kappa shape index (κ2) is 6.33. The summed E-state index contributed by atoms with van der Waals surface area (Å²) in [5, 5.41) is 3.50. The second-order valence-corrected chi connectivity index (χ2v) is 7.66. The zero-order valence-electron chi connectivity index (χ0n) is 13.6. The van der Waals surface area contributed by atoms with E-state index in [1.165, 1.54) is 58.2 Å². The molecule has 3 fully saturated rings. The van der Waals surface area contributed by atoms with E-state index in [1.54, 1.807) is 0 Å². The summed E-state index contributed by atoms with van der Waals surface area (Å²) in [5.74, 6) is 0.927. The molecule has 0 aliphatic carbocycles. The van der Waals surface area contributed by atoms with Crippen LogP contribution in [0.25, 0.3) is 0 Å². The Labute approximate surface area is 125 Å². The number of nitrogens with one attached hydrogen (secondary N) is 1. The van der Waals surface area contributed by atoms with Gasteiger partial charge in [-0.25, -0.2) is 0 Å². The van der Waals surface area contributed by atoms with E-state index < -0.39 is 0 Å². The van der Waals surface area contributed by atoms with Gasteiger partial charge in [0.2, 0.25) is 0 Å². The average molecular weight is 279 g/mol. The van der Waals surface area contributed by atoms with Gasteiger partial charge in [0.1, 0.15) is 0 Å². The largest absolute Gasteiger partial charge is 0.317 e. The maximum atomic E-state index is 3.50. The van der Waals surface area contributed by atoms with Gasteiger partial charge >= 0.3 is 0 Å². The third-order valence-corrected chi connectivity index (χ3v) is 6.13. The van der Waals surface area contributed by atoms with Crippen molar-refractivity contribution >= 4 is 0 Å². The van der Waals surface area contributed by atoms with Crippen molar-refractivity contribution in [1.29, 1.82) is 0 Å². The maximum Gasteiger partial charge on any atom is 0.0128 e. The zero-order valence-corrected chi connectivity index (χ0v) is 13.6. The van der Waals surface area contributed by atoms with Crippen molar-refractivity contribution in [3.05, 3.63) is 0 Å². The Hall–Kier alpha value is -0.120. The van der Waals surface area contributed by atoms with Crippen LogP contribution in [0.4, 0.5) is 0 Å². The molecule has 0 aromatic heterocycles. The summed E-state index contributed by atoms with van der Waals surface area (Å²) in [4.78, 5) is 5.52. The van der Waals surface area contributed by atoms with Gasteiger partial charge in [0.05, 0.1) is 0 Å². The van der Waals surface area contributed by atoms with E-state index in [4.69, 9.17) is 0 Å². The third-order valence-electron chi connectivity index (χ3n) is 6.13. The minimum Gasteiger partial charge on any atom is -0.317 e. The first-order valence-electron chi connectivity index (χ1n) is 8.83. The van der Waals surface area contributed by atoms with Gasteiger partial charge in [-0.2, -0.15) is 0 Å². The van der Waals surface area contributed by atoms with Crippen LogP contribution < -0.4 is 5.32 Å². The number of hydrogen-bond acceptors (Lipinski definition) is 3. The van der Waals surface area contributed by atoms with Gasteiger partial charge in [0.25, 0.3) is 0 Å². The molecule has 0 spiro atoms. The number of fused-ring (bicyclic) bond motifs is 2. The van der Waals surface area contributed by atoms with Gasteiger partial charge in [-0.15, -0.1) is 0 Å². The summed E-state index contributed by atoms with van der Waals surface area (Å²) in [6.45, 7) is 8.61. The lowest BCUT2D eigenvalue weighted by Gasteiger charge is -2.45. The van der Waals surface area contributed by atoms with Crippen molar-refractivity contribution in [2.24, 2.45) is 5.92 Å². The fourth-order valence-corrected chi connectivity index (χ4v) is 4.80. The topological polar surface area (TPSA) is 18.5 Å². The molecule has 2 bridgehead atoms. The van der Waals surface area contributed by atoms with E-state index in [-0.39, 0.29) is 0 Å². The first kappa shape index (κ1) is 14.8. The van der Waals surface area contributed by atoms with Gasteiger partial charge in [-0.05, 0) is 78.4 Å². The van der Waals surface area contributed by atoms with Crippen molar-refractivity contribution in [1.82, 2.24) is 15.1 Å². The van der Waals surface area contributed by atoms with Crippen LogP contribution >= 0.6 is 0 Å². The monoisotopic (exact) mass is 279 g/mol. The van der Waals surface area contributed by atoms with Crippen LogP contribution in [0.3, 0.4) is 0 Å². The van der Waals surface area contributed by atoms with E-state index in [2.05, 4.69) is 36.0 Å².